The first kappa shape index (κ1) is 12.6. The molecule has 0 bridgehead atoms. The highest BCUT2D eigenvalue weighted by Gasteiger charge is 2.15. The number of rotatable bonds is 2. The van der Waals surface area contributed by atoms with Crippen LogP contribution in [0.5, 0.6) is 0 Å². The van der Waals surface area contributed by atoms with Crippen molar-refractivity contribution in [3.8, 4) is 0 Å². The molecule has 0 aliphatic rings. The molecular weight excluding hydrogens is 257 g/mol. The van der Waals surface area contributed by atoms with Crippen molar-refractivity contribution in [3.05, 3.63) is 45.9 Å². The third-order valence-electron chi connectivity index (χ3n) is 2.66. The van der Waals surface area contributed by atoms with E-state index in [1.807, 2.05) is 13.8 Å². The van der Waals surface area contributed by atoms with Crippen molar-refractivity contribution in [2.45, 2.75) is 13.8 Å². The summed E-state index contributed by atoms with van der Waals surface area (Å²) in [6.07, 6.45) is 0. The Balaban J connectivity index is 2.27. The summed E-state index contributed by atoms with van der Waals surface area (Å²) in [5, 5.41) is 9.49. The van der Waals surface area contributed by atoms with Gasteiger partial charge in [-0.3, -0.25) is 9.89 Å². The van der Waals surface area contributed by atoms with E-state index in [9.17, 15) is 9.18 Å². The average Bonchev–Trinajstić information content (AvgIpc) is 2.64. The largest absolute Gasteiger partial charge is 0.305 e. The number of H-pyrrole nitrogens is 1. The molecule has 1 amide bonds. The van der Waals surface area contributed by atoms with Gasteiger partial charge in [0.05, 0.1) is 5.56 Å². The predicted octanol–water partition coefficient (Wildman–Crippen LogP) is 3.07. The van der Waals surface area contributed by atoms with Crippen molar-refractivity contribution in [2.24, 2.45) is 0 Å². The van der Waals surface area contributed by atoms with Crippen LogP contribution in [0.1, 0.15) is 21.6 Å². The second-order valence-corrected chi connectivity index (χ2v) is 4.34. The number of nitrogens with zero attached hydrogens (tertiary/aromatic N) is 1. The van der Waals surface area contributed by atoms with Crippen LogP contribution in [0.2, 0.25) is 5.02 Å². The molecule has 18 heavy (non-hydrogen) atoms. The van der Waals surface area contributed by atoms with Crippen LogP contribution in [0.15, 0.2) is 18.2 Å². The van der Waals surface area contributed by atoms with Gasteiger partial charge in [-0.25, -0.2) is 4.39 Å². The highest BCUT2D eigenvalue weighted by molar-refractivity contribution is 6.31. The molecular formula is C12H11ClFN3O. The van der Waals surface area contributed by atoms with Gasteiger partial charge in [-0.05, 0) is 32.0 Å². The van der Waals surface area contributed by atoms with E-state index in [0.717, 1.165) is 17.3 Å². The molecule has 4 nitrogen and oxygen atoms in total. The van der Waals surface area contributed by atoms with Gasteiger partial charge < -0.3 is 5.32 Å². The fraction of sp³-hybridized carbons (Fsp3) is 0.167. The van der Waals surface area contributed by atoms with Gasteiger partial charge >= 0.3 is 0 Å². The summed E-state index contributed by atoms with van der Waals surface area (Å²) in [5.74, 6) is -0.816. The lowest BCUT2D eigenvalue weighted by Crippen LogP contribution is -2.14. The summed E-state index contributed by atoms with van der Waals surface area (Å²) >= 11 is 5.73. The molecule has 1 aromatic carbocycles. The number of halogens is 2. The third-order valence-corrected chi connectivity index (χ3v) is 2.89. The smallest absolute Gasteiger partial charge is 0.259 e. The minimum absolute atomic E-state index is 0.109. The Kier molecular flexibility index (Phi) is 3.34. The summed E-state index contributed by atoms with van der Waals surface area (Å²) in [6.45, 7) is 3.64. The maximum atomic E-state index is 13.5. The van der Waals surface area contributed by atoms with E-state index in [4.69, 9.17) is 11.6 Å². The Labute approximate surface area is 108 Å². The fourth-order valence-electron chi connectivity index (χ4n) is 1.45. The molecule has 1 aromatic heterocycles. The molecule has 0 aliphatic heterocycles. The Morgan fingerprint density at radius 1 is 1.44 bits per heavy atom. The van der Waals surface area contributed by atoms with Crippen LogP contribution in [-0.2, 0) is 0 Å². The molecule has 94 valence electrons. The van der Waals surface area contributed by atoms with Crippen molar-refractivity contribution < 1.29 is 9.18 Å². The lowest BCUT2D eigenvalue weighted by molar-refractivity contribution is 0.102. The molecule has 0 atom stereocenters. The van der Waals surface area contributed by atoms with Gasteiger partial charge in [0.2, 0.25) is 0 Å². The quantitative estimate of drug-likeness (QED) is 0.878. The molecule has 0 radical (unpaired) electrons. The number of carbonyl (C=O) groups excluding carboxylic acids is 1. The SMILES string of the molecule is Cc1[nH]nc(NC(=O)c2cc(Cl)ccc2F)c1C. The topological polar surface area (TPSA) is 57.8 Å². The van der Waals surface area contributed by atoms with Crippen LogP contribution in [-0.4, -0.2) is 16.1 Å². The Hall–Kier alpha value is -1.88. The first-order valence-corrected chi connectivity index (χ1v) is 5.65. The minimum Gasteiger partial charge on any atom is -0.305 e. The summed E-state index contributed by atoms with van der Waals surface area (Å²) in [5.41, 5.74) is 1.55. The van der Waals surface area contributed by atoms with Crippen molar-refractivity contribution in [1.82, 2.24) is 10.2 Å². The van der Waals surface area contributed by atoms with E-state index in [2.05, 4.69) is 15.5 Å². The standard InChI is InChI=1S/C12H11ClFN3O/c1-6-7(2)16-17-11(6)15-12(18)9-5-8(13)3-4-10(9)14/h3-5H,1-2H3,(H2,15,16,17,18). The molecule has 0 spiro atoms. The summed E-state index contributed by atoms with van der Waals surface area (Å²) in [4.78, 5) is 11.9. The van der Waals surface area contributed by atoms with Gasteiger partial charge in [0.25, 0.3) is 5.91 Å². The molecule has 6 heteroatoms. The maximum Gasteiger partial charge on any atom is 0.259 e. The van der Waals surface area contributed by atoms with Crippen LogP contribution in [0, 0.1) is 19.7 Å². The highest BCUT2D eigenvalue weighted by atomic mass is 35.5. The number of benzene rings is 1. The van der Waals surface area contributed by atoms with Gasteiger partial charge in [0.1, 0.15) is 5.82 Å². The molecule has 0 fully saturated rings. The summed E-state index contributed by atoms with van der Waals surface area (Å²) < 4.78 is 13.5. The number of amides is 1. The second kappa shape index (κ2) is 4.78. The Morgan fingerprint density at radius 2 is 2.17 bits per heavy atom. The van der Waals surface area contributed by atoms with Gasteiger partial charge in [0.15, 0.2) is 5.82 Å². The zero-order valence-corrected chi connectivity index (χ0v) is 10.6. The van der Waals surface area contributed by atoms with Gasteiger partial charge in [-0.2, -0.15) is 5.10 Å². The Bertz CT molecular complexity index is 609. The van der Waals surface area contributed by atoms with Crippen molar-refractivity contribution in [2.75, 3.05) is 5.32 Å². The van der Waals surface area contributed by atoms with Crippen molar-refractivity contribution in [1.29, 1.82) is 0 Å². The van der Waals surface area contributed by atoms with Gasteiger partial charge in [0, 0.05) is 16.3 Å². The Morgan fingerprint density at radius 3 is 2.78 bits per heavy atom. The lowest BCUT2D eigenvalue weighted by Gasteiger charge is -2.04. The van der Waals surface area contributed by atoms with Crippen LogP contribution in [0.3, 0.4) is 0 Å². The summed E-state index contributed by atoms with van der Waals surface area (Å²) in [7, 11) is 0. The molecule has 0 saturated heterocycles. The molecule has 0 unspecified atom stereocenters. The van der Waals surface area contributed by atoms with Gasteiger partial charge in [-0.1, -0.05) is 11.6 Å². The van der Waals surface area contributed by atoms with E-state index in [-0.39, 0.29) is 5.56 Å². The first-order valence-electron chi connectivity index (χ1n) is 5.27. The number of anilines is 1. The zero-order valence-electron chi connectivity index (χ0n) is 9.84. The second-order valence-electron chi connectivity index (χ2n) is 3.90. The van der Waals surface area contributed by atoms with Gasteiger partial charge in [-0.15, -0.1) is 0 Å². The normalized spacial score (nSPS) is 10.4. The monoisotopic (exact) mass is 267 g/mol. The van der Waals surface area contributed by atoms with E-state index in [1.165, 1.54) is 12.1 Å². The van der Waals surface area contributed by atoms with Crippen LogP contribution < -0.4 is 5.32 Å². The van der Waals surface area contributed by atoms with E-state index >= 15 is 0 Å². The number of aryl methyl sites for hydroxylation is 1. The summed E-state index contributed by atoms with van der Waals surface area (Å²) in [6, 6.07) is 3.82. The number of aromatic amines is 1. The van der Waals surface area contributed by atoms with Crippen molar-refractivity contribution in [3.63, 3.8) is 0 Å². The van der Waals surface area contributed by atoms with Crippen molar-refractivity contribution >= 4 is 23.3 Å². The molecule has 0 saturated carbocycles. The zero-order chi connectivity index (χ0) is 13.3. The first-order chi connectivity index (χ1) is 8.49. The molecule has 2 aromatic rings. The van der Waals surface area contributed by atoms with Crippen LogP contribution in [0.4, 0.5) is 10.2 Å². The van der Waals surface area contributed by atoms with E-state index in [1.54, 1.807) is 0 Å². The molecule has 2 rings (SSSR count). The number of hydrogen-bond donors (Lipinski definition) is 2. The van der Waals surface area contributed by atoms with Crippen LogP contribution >= 0.6 is 11.6 Å². The highest BCUT2D eigenvalue weighted by Crippen LogP contribution is 2.18. The number of aromatic nitrogens is 2. The number of nitrogens with one attached hydrogen (secondary N) is 2. The van der Waals surface area contributed by atoms with E-state index < -0.39 is 11.7 Å². The molecule has 0 aliphatic carbocycles. The maximum absolute atomic E-state index is 13.5. The molecule has 2 N–H and O–H groups in total. The number of hydrogen-bond acceptors (Lipinski definition) is 2. The van der Waals surface area contributed by atoms with Crippen LogP contribution in [0.25, 0.3) is 0 Å². The third kappa shape index (κ3) is 2.36. The number of carbonyl (C=O) groups is 1. The fourth-order valence-corrected chi connectivity index (χ4v) is 1.63. The predicted molar refractivity (Wildman–Crippen MR) is 67.4 cm³/mol. The average molecular weight is 268 g/mol. The molecule has 1 heterocycles. The minimum atomic E-state index is -0.623. The lowest BCUT2D eigenvalue weighted by atomic mass is 10.2. The van der Waals surface area contributed by atoms with E-state index in [0.29, 0.717) is 10.8 Å².